The number of anilines is 1. The summed E-state index contributed by atoms with van der Waals surface area (Å²) in [5, 5.41) is 0. The fourth-order valence-corrected chi connectivity index (χ4v) is 3.85. The average molecular weight is 375 g/mol. The molecular weight excluding hydrogens is 348 g/mol. The van der Waals surface area contributed by atoms with E-state index in [1.807, 2.05) is 61.5 Å². The molecule has 6 heteroatoms. The number of para-hydroxylation sites is 1. The van der Waals surface area contributed by atoms with Gasteiger partial charge in [-0.2, -0.15) is 0 Å². The number of amides is 1. The molecule has 0 spiro atoms. The van der Waals surface area contributed by atoms with Gasteiger partial charge in [-0.05, 0) is 30.0 Å². The Bertz CT molecular complexity index is 820. The predicted octanol–water partition coefficient (Wildman–Crippen LogP) is 2.76. The molecule has 0 aliphatic heterocycles. The van der Waals surface area contributed by atoms with Crippen molar-refractivity contribution < 1.29 is 13.2 Å². The first-order valence-corrected chi connectivity index (χ1v) is 10.5. The van der Waals surface area contributed by atoms with Gasteiger partial charge in [0.25, 0.3) is 0 Å². The van der Waals surface area contributed by atoms with Crippen molar-refractivity contribution in [3.63, 3.8) is 0 Å². The van der Waals surface area contributed by atoms with E-state index in [4.69, 9.17) is 0 Å². The maximum atomic E-state index is 12.2. The van der Waals surface area contributed by atoms with Crippen LogP contribution in [0.2, 0.25) is 0 Å². The van der Waals surface area contributed by atoms with Gasteiger partial charge in [-0.25, -0.2) is 13.1 Å². The molecule has 140 valence electrons. The fraction of sp³-hybridized carbons (Fsp3) is 0.350. The zero-order valence-corrected chi connectivity index (χ0v) is 16.1. The van der Waals surface area contributed by atoms with Gasteiger partial charge in [0, 0.05) is 25.7 Å². The molecule has 0 unspecified atom stereocenters. The van der Waals surface area contributed by atoms with Crippen molar-refractivity contribution >= 4 is 21.6 Å². The van der Waals surface area contributed by atoms with Crippen molar-refractivity contribution in [2.75, 3.05) is 23.7 Å². The zero-order valence-electron chi connectivity index (χ0n) is 15.3. The molecule has 2 aromatic carbocycles. The van der Waals surface area contributed by atoms with Crippen LogP contribution in [0.3, 0.4) is 0 Å². The molecule has 1 N–H and O–H groups in total. The lowest BCUT2D eigenvalue weighted by Gasteiger charge is -2.24. The van der Waals surface area contributed by atoms with E-state index in [-0.39, 0.29) is 18.2 Å². The van der Waals surface area contributed by atoms with Gasteiger partial charge in [0.15, 0.2) is 0 Å². The SMILES string of the molecule is CCc1ccccc1N(CCNS(=O)(=O)CCc1ccccc1)C(C)=O. The summed E-state index contributed by atoms with van der Waals surface area (Å²) in [6.45, 7) is 4.02. The summed E-state index contributed by atoms with van der Waals surface area (Å²) < 4.78 is 27.0. The molecule has 0 aliphatic carbocycles. The third-order valence-corrected chi connectivity index (χ3v) is 5.59. The Kier molecular flexibility index (Phi) is 7.36. The van der Waals surface area contributed by atoms with Gasteiger partial charge in [0.2, 0.25) is 15.9 Å². The van der Waals surface area contributed by atoms with E-state index in [0.29, 0.717) is 13.0 Å². The van der Waals surface area contributed by atoms with E-state index >= 15 is 0 Å². The maximum absolute atomic E-state index is 12.2. The molecular formula is C20H26N2O3S. The molecule has 5 nitrogen and oxygen atoms in total. The Morgan fingerprint density at radius 3 is 2.35 bits per heavy atom. The van der Waals surface area contributed by atoms with Crippen LogP contribution in [-0.2, 0) is 27.7 Å². The standard InChI is InChI=1S/C20H26N2O3S/c1-3-19-11-7-8-12-20(19)22(17(2)23)15-14-21-26(24,25)16-13-18-9-5-4-6-10-18/h4-12,21H,3,13-16H2,1-2H3. The van der Waals surface area contributed by atoms with Crippen molar-refractivity contribution in [3.05, 3.63) is 65.7 Å². The molecule has 2 aromatic rings. The summed E-state index contributed by atoms with van der Waals surface area (Å²) in [6, 6.07) is 17.2. The lowest BCUT2D eigenvalue weighted by atomic mass is 10.1. The molecule has 0 atom stereocenters. The van der Waals surface area contributed by atoms with Crippen LogP contribution in [0.15, 0.2) is 54.6 Å². The molecule has 0 saturated carbocycles. The number of nitrogens with one attached hydrogen (secondary N) is 1. The number of carbonyl (C=O) groups excluding carboxylic acids is 1. The Hall–Kier alpha value is -2.18. The van der Waals surface area contributed by atoms with Crippen LogP contribution in [0.5, 0.6) is 0 Å². The molecule has 0 bridgehead atoms. The van der Waals surface area contributed by atoms with Crippen LogP contribution in [0.1, 0.15) is 25.0 Å². The molecule has 1 amide bonds. The highest BCUT2D eigenvalue weighted by atomic mass is 32.2. The Morgan fingerprint density at radius 1 is 1.04 bits per heavy atom. The number of sulfonamides is 1. The van der Waals surface area contributed by atoms with Crippen molar-refractivity contribution in [1.82, 2.24) is 4.72 Å². The largest absolute Gasteiger partial charge is 0.311 e. The molecule has 0 heterocycles. The van der Waals surface area contributed by atoms with Crippen molar-refractivity contribution in [1.29, 1.82) is 0 Å². The lowest BCUT2D eigenvalue weighted by molar-refractivity contribution is -0.116. The van der Waals surface area contributed by atoms with Crippen molar-refractivity contribution in [3.8, 4) is 0 Å². The number of hydrogen-bond donors (Lipinski definition) is 1. The third kappa shape index (κ3) is 5.97. The maximum Gasteiger partial charge on any atom is 0.223 e. The van der Waals surface area contributed by atoms with Crippen molar-refractivity contribution in [2.24, 2.45) is 0 Å². The summed E-state index contributed by atoms with van der Waals surface area (Å²) in [7, 11) is -3.39. The number of carbonyl (C=O) groups is 1. The van der Waals surface area contributed by atoms with E-state index in [1.54, 1.807) is 4.90 Å². The molecule has 0 aliphatic rings. The van der Waals surface area contributed by atoms with Gasteiger partial charge in [-0.15, -0.1) is 0 Å². The molecule has 0 radical (unpaired) electrons. The minimum absolute atomic E-state index is 0.0304. The summed E-state index contributed by atoms with van der Waals surface area (Å²) >= 11 is 0. The number of nitrogens with zero attached hydrogens (tertiary/aromatic N) is 1. The van der Waals surface area contributed by atoms with Crippen LogP contribution in [-0.4, -0.2) is 33.2 Å². The van der Waals surface area contributed by atoms with Gasteiger partial charge < -0.3 is 4.90 Å². The summed E-state index contributed by atoms with van der Waals surface area (Å²) in [5.74, 6) is -0.0720. The number of aryl methyl sites for hydroxylation is 2. The minimum atomic E-state index is -3.39. The van der Waals surface area contributed by atoms with Crippen LogP contribution in [0.25, 0.3) is 0 Å². The highest BCUT2D eigenvalue weighted by Crippen LogP contribution is 2.20. The molecule has 2 rings (SSSR count). The van der Waals surface area contributed by atoms with E-state index in [1.165, 1.54) is 6.92 Å². The van der Waals surface area contributed by atoms with E-state index in [0.717, 1.165) is 23.2 Å². The first-order valence-electron chi connectivity index (χ1n) is 8.80. The molecule has 0 aromatic heterocycles. The summed E-state index contributed by atoms with van der Waals surface area (Å²) in [5.41, 5.74) is 2.89. The van der Waals surface area contributed by atoms with Gasteiger partial charge in [0.05, 0.1) is 5.75 Å². The average Bonchev–Trinajstić information content (AvgIpc) is 2.64. The van der Waals surface area contributed by atoms with E-state index in [2.05, 4.69) is 4.72 Å². The summed E-state index contributed by atoms with van der Waals surface area (Å²) in [4.78, 5) is 13.7. The second-order valence-corrected chi connectivity index (χ2v) is 8.03. The first-order chi connectivity index (χ1) is 12.4. The predicted molar refractivity (Wildman–Crippen MR) is 106 cm³/mol. The quantitative estimate of drug-likeness (QED) is 0.734. The highest BCUT2D eigenvalue weighted by molar-refractivity contribution is 7.89. The third-order valence-electron chi connectivity index (χ3n) is 4.20. The fourth-order valence-electron chi connectivity index (χ4n) is 2.80. The molecule has 0 saturated heterocycles. The minimum Gasteiger partial charge on any atom is -0.311 e. The Balaban J connectivity index is 1.94. The monoisotopic (exact) mass is 374 g/mol. The second kappa shape index (κ2) is 9.50. The van der Waals surface area contributed by atoms with Crippen LogP contribution < -0.4 is 9.62 Å². The lowest BCUT2D eigenvalue weighted by Crippen LogP contribution is -2.38. The Morgan fingerprint density at radius 2 is 1.69 bits per heavy atom. The topological polar surface area (TPSA) is 66.5 Å². The van der Waals surface area contributed by atoms with Gasteiger partial charge in [0.1, 0.15) is 0 Å². The summed E-state index contributed by atoms with van der Waals surface area (Å²) in [6.07, 6.45) is 1.27. The molecule has 26 heavy (non-hydrogen) atoms. The molecule has 0 fully saturated rings. The second-order valence-electron chi connectivity index (χ2n) is 6.10. The highest BCUT2D eigenvalue weighted by Gasteiger charge is 2.16. The van der Waals surface area contributed by atoms with Crippen LogP contribution in [0, 0.1) is 0 Å². The van der Waals surface area contributed by atoms with E-state index in [9.17, 15) is 13.2 Å². The van der Waals surface area contributed by atoms with E-state index < -0.39 is 10.0 Å². The first kappa shape index (κ1) is 20.1. The number of rotatable bonds is 9. The van der Waals surface area contributed by atoms with Gasteiger partial charge >= 0.3 is 0 Å². The normalized spacial score (nSPS) is 11.3. The van der Waals surface area contributed by atoms with Crippen molar-refractivity contribution in [2.45, 2.75) is 26.7 Å². The Labute approximate surface area is 156 Å². The smallest absolute Gasteiger partial charge is 0.223 e. The number of benzene rings is 2. The van der Waals surface area contributed by atoms with Crippen LogP contribution in [0.4, 0.5) is 5.69 Å². The van der Waals surface area contributed by atoms with Crippen LogP contribution >= 0.6 is 0 Å². The number of hydrogen-bond acceptors (Lipinski definition) is 3. The van der Waals surface area contributed by atoms with Gasteiger partial charge in [-0.3, -0.25) is 4.79 Å². The van der Waals surface area contributed by atoms with Gasteiger partial charge in [-0.1, -0.05) is 55.5 Å². The zero-order chi connectivity index (χ0) is 19.0.